The fourth-order valence-electron chi connectivity index (χ4n) is 2.50. The molecule has 0 aliphatic carbocycles. The lowest BCUT2D eigenvalue weighted by molar-refractivity contribution is -0.115. The van der Waals surface area contributed by atoms with Crippen molar-refractivity contribution in [2.45, 2.75) is 36.7 Å². The van der Waals surface area contributed by atoms with Crippen LogP contribution in [0.25, 0.3) is 0 Å². The molecule has 0 saturated carbocycles. The fraction of sp³-hybridized carbons (Fsp3) is 0.538. The third-order valence-corrected chi connectivity index (χ3v) is 4.42. The zero-order valence-corrected chi connectivity index (χ0v) is 11.6. The van der Waals surface area contributed by atoms with Crippen molar-refractivity contribution in [2.24, 2.45) is 0 Å². The van der Waals surface area contributed by atoms with Crippen molar-refractivity contribution in [1.29, 1.82) is 0 Å². The summed E-state index contributed by atoms with van der Waals surface area (Å²) in [5.74, 6) is 0. The second-order valence-electron chi connectivity index (χ2n) is 4.93. The second kappa shape index (κ2) is 5.20. The number of hydrogen-bond donors (Lipinski definition) is 2. The lowest BCUT2D eigenvalue weighted by Crippen LogP contribution is -2.38. The smallest absolute Gasteiger partial charge is 0.294 e. The van der Waals surface area contributed by atoms with Crippen LogP contribution in [0, 0.1) is 6.92 Å². The third kappa shape index (κ3) is 2.81. The Balaban J connectivity index is 2.62. The van der Waals surface area contributed by atoms with Crippen LogP contribution < -0.4 is 0 Å². The van der Waals surface area contributed by atoms with Gasteiger partial charge in [0.25, 0.3) is 10.1 Å². The highest BCUT2D eigenvalue weighted by Crippen LogP contribution is 2.38. The van der Waals surface area contributed by atoms with Gasteiger partial charge in [-0.3, -0.25) is 4.55 Å². The first-order valence-electron chi connectivity index (χ1n) is 6.22. The molecule has 19 heavy (non-hydrogen) atoms. The Bertz CT molecular complexity index is 558. The molecule has 1 fully saturated rings. The molecule has 1 atom stereocenters. The standard InChI is InChI=1S/C13H18O5S/c1-10-4-5-12(19(15,16)17)11(8-10)13(9-14)6-2-3-7-18-13/h4-5,8,14H,2-3,6-7,9H2,1H3,(H,15,16,17). The Labute approximate surface area is 113 Å². The fourth-order valence-corrected chi connectivity index (χ4v) is 3.26. The van der Waals surface area contributed by atoms with Crippen LogP contribution in [-0.2, 0) is 20.5 Å². The van der Waals surface area contributed by atoms with Crippen molar-refractivity contribution >= 4 is 10.1 Å². The topological polar surface area (TPSA) is 83.8 Å². The maximum Gasteiger partial charge on any atom is 0.294 e. The van der Waals surface area contributed by atoms with Gasteiger partial charge in [0.15, 0.2) is 0 Å². The molecule has 0 amide bonds. The van der Waals surface area contributed by atoms with E-state index >= 15 is 0 Å². The number of aryl methyl sites for hydroxylation is 1. The highest BCUT2D eigenvalue weighted by molar-refractivity contribution is 7.85. The van der Waals surface area contributed by atoms with Crippen LogP contribution in [0.4, 0.5) is 0 Å². The number of hydrogen-bond acceptors (Lipinski definition) is 4. The molecule has 1 aromatic carbocycles. The Kier molecular flexibility index (Phi) is 3.96. The second-order valence-corrected chi connectivity index (χ2v) is 6.32. The van der Waals surface area contributed by atoms with Crippen LogP contribution in [0.2, 0.25) is 0 Å². The maximum absolute atomic E-state index is 11.5. The van der Waals surface area contributed by atoms with Crippen LogP contribution in [-0.4, -0.2) is 31.3 Å². The summed E-state index contributed by atoms with van der Waals surface area (Å²) in [6.45, 7) is 1.99. The summed E-state index contributed by atoms with van der Waals surface area (Å²) in [5, 5.41) is 9.67. The molecule has 1 heterocycles. The van der Waals surface area contributed by atoms with E-state index in [1.807, 2.05) is 6.92 Å². The molecule has 5 nitrogen and oxygen atoms in total. The minimum absolute atomic E-state index is 0.186. The van der Waals surface area contributed by atoms with E-state index in [0.717, 1.165) is 18.4 Å². The molecule has 106 valence electrons. The van der Waals surface area contributed by atoms with Gasteiger partial charge >= 0.3 is 0 Å². The van der Waals surface area contributed by atoms with Crippen LogP contribution in [0.3, 0.4) is 0 Å². The number of rotatable bonds is 3. The average molecular weight is 286 g/mol. The summed E-state index contributed by atoms with van der Waals surface area (Å²) in [6.07, 6.45) is 2.27. The lowest BCUT2D eigenvalue weighted by Gasteiger charge is -2.37. The van der Waals surface area contributed by atoms with E-state index < -0.39 is 15.7 Å². The van der Waals surface area contributed by atoms with Crippen molar-refractivity contribution in [2.75, 3.05) is 13.2 Å². The van der Waals surface area contributed by atoms with Crippen LogP contribution in [0.5, 0.6) is 0 Å². The molecule has 2 rings (SSSR count). The number of aliphatic hydroxyl groups is 1. The van der Waals surface area contributed by atoms with Crippen molar-refractivity contribution in [1.82, 2.24) is 0 Å². The molecule has 1 saturated heterocycles. The molecular formula is C13H18O5S. The average Bonchev–Trinajstić information content (AvgIpc) is 2.38. The van der Waals surface area contributed by atoms with Crippen molar-refractivity contribution in [3.63, 3.8) is 0 Å². The van der Waals surface area contributed by atoms with E-state index in [2.05, 4.69) is 0 Å². The summed E-state index contributed by atoms with van der Waals surface area (Å²) < 4.78 is 38.0. The predicted molar refractivity (Wildman–Crippen MR) is 69.6 cm³/mol. The van der Waals surface area contributed by atoms with Gasteiger partial charge < -0.3 is 9.84 Å². The van der Waals surface area contributed by atoms with E-state index in [9.17, 15) is 18.1 Å². The number of benzene rings is 1. The minimum atomic E-state index is -4.34. The van der Waals surface area contributed by atoms with Gasteiger partial charge in [-0.05, 0) is 32.3 Å². The van der Waals surface area contributed by atoms with Crippen LogP contribution >= 0.6 is 0 Å². The van der Waals surface area contributed by atoms with Crippen molar-refractivity contribution < 1.29 is 22.8 Å². The quantitative estimate of drug-likeness (QED) is 0.825. The molecule has 6 heteroatoms. The number of aliphatic hydroxyl groups excluding tert-OH is 1. The largest absolute Gasteiger partial charge is 0.393 e. The van der Waals surface area contributed by atoms with Gasteiger partial charge in [-0.15, -0.1) is 0 Å². The first kappa shape index (κ1) is 14.5. The summed E-state index contributed by atoms with van der Waals surface area (Å²) in [5.41, 5.74) is 0.164. The Morgan fingerprint density at radius 3 is 2.63 bits per heavy atom. The Morgan fingerprint density at radius 1 is 1.37 bits per heavy atom. The van der Waals surface area contributed by atoms with Gasteiger partial charge in [0.05, 0.1) is 6.61 Å². The molecule has 0 radical (unpaired) electrons. The first-order valence-corrected chi connectivity index (χ1v) is 7.66. The molecule has 1 aliphatic rings. The van der Waals surface area contributed by atoms with E-state index in [0.29, 0.717) is 18.6 Å². The van der Waals surface area contributed by atoms with Crippen molar-refractivity contribution in [3.8, 4) is 0 Å². The van der Waals surface area contributed by atoms with Gasteiger partial charge in [0.2, 0.25) is 0 Å². The van der Waals surface area contributed by atoms with Crippen LogP contribution in [0.15, 0.2) is 23.1 Å². The summed E-state index contributed by atoms with van der Waals surface area (Å²) in [6, 6.07) is 4.63. The normalized spacial score (nSPS) is 24.4. The molecule has 2 N–H and O–H groups in total. The van der Waals surface area contributed by atoms with Crippen LogP contribution in [0.1, 0.15) is 30.4 Å². The molecule has 1 aliphatic heterocycles. The van der Waals surface area contributed by atoms with Crippen molar-refractivity contribution in [3.05, 3.63) is 29.3 Å². The first-order chi connectivity index (χ1) is 8.89. The maximum atomic E-state index is 11.5. The summed E-state index contributed by atoms with van der Waals surface area (Å²) >= 11 is 0. The molecular weight excluding hydrogens is 268 g/mol. The molecule has 0 aromatic heterocycles. The van der Waals surface area contributed by atoms with Gasteiger partial charge in [-0.1, -0.05) is 17.7 Å². The zero-order valence-electron chi connectivity index (χ0n) is 10.8. The molecule has 1 unspecified atom stereocenters. The minimum Gasteiger partial charge on any atom is -0.393 e. The number of ether oxygens (including phenoxy) is 1. The Hall–Kier alpha value is -0.950. The Morgan fingerprint density at radius 2 is 2.11 bits per heavy atom. The predicted octanol–water partition coefficient (Wildman–Crippen LogP) is 1.63. The highest BCUT2D eigenvalue weighted by atomic mass is 32.2. The molecule has 0 spiro atoms. The monoisotopic (exact) mass is 286 g/mol. The van der Waals surface area contributed by atoms with Gasteiger partial charge in [0, 0.05) is 12.2 Å². The van der Waals surface area contributed by atoms with E-state index in [1.54, 1.807) is 12.1 Å². The van der Waals surface area contributed by atoms with Gasteiger partial charge in [0.1, 0.15) is 10.5 Å². The summed E-state index contributed by atoms with van der Waals surface area (Å²) in [4.78, 5) is -0.186. The van der Waals surface area contributed by atoms with E-state index in [-0.39, 0.29) is 11.5 Å². The third-order valence-electron chi connectivity index (χ3n) is 3.51. The molecule has 0 bridgehead atoms. The van der Waals surface area contributed by atoms with E-state index in [1.165, 1.54) is 6.07 Å². The lowest BCUT2D eigenvalue weighted by atomic mass is 9.86. The zero-order chi connectivity index (χ0) is 14.1. The molecule has 1 aromatic rings. The van der Waals surface area contributed by atoms with Gasteiger partial charge in [-0.25, -0.2) is 0 Å². The van der Waals surface area contributed by atoms with E-state index in [4.69, 9.17) is 4.74 Å². The highest BCUT2D eigenvalue weighted by Gasteiger charge is 2.38. The SMILES string of the molecule is Cc1ccc(S(=O)(=O)O)c(C2(CO)CCCCO2)c1. The van der Waals surface area contributed by atoms with Gasteiger partial charge in [-0.2, -0.15) is 8.42 Å². The summed E-state index contributed by atoms with van der Waals surface area (Å²) in [7, 11) is -4.34.